The van der Waals surface area contributed by atoms with Gasteiger partial charge in [0.2, 0.25) is 16.8 Å². The Morgan fingerprint density at radius 1 is 1.09 bits per heavy atom. The fourth-order valence-electron chi connectivity index (χ4n) is 2.31. The first-order chi connectivity index (χ1) is 11.1. The predicted octanol–water partition coefficient (Wildman–Crippen LogP) is 1.43. The lowest BCUT2D eigenvalue weighted by Gasteiger charge is -2.07. The van der Waals surface area contributed by atoms with Gasteiger partial charge in [0.1, 0.15) is 10.4 Å². The monoisotopic (exact) mass is 333 g/mol. The molecule has 2 heterocycles. The third-order valence-corrected chi connectivity index (χ3v) is 4.87. The van der Waals surface area contributed by atoms with Gasteiger partial charge in [-0.1, -0.05) is 12.1 Å². The molecule has 1 aliphatic heterocycles. The molecule has 0 fully saturated rings. The number of sulfonamides is 1. The third-order valence-electron chi connectivity index (χ3n) is 3.44. The van der Waals surface area contributed by atoms with E-state index in [4.69, 9.17) is 9.47 Å². The number of rotatable bonds is 4. The number of nitrogens with one attached hydrogen (secondary N) is 1. The Bertz CT molecular complexity index is 983. The molecule has 23 heavy (non-hydrogen) atoms. The summed E-state index contributed by atoms with van der Waals surface area (Å²) >= 11 is 0. The fraction of sp³-hybridized carbons (Fsp3) is 0.143. The maximum atomic E-state index is 12.5. The largest absolute Gasteiger partial charge is 0.454 e. The van der Waals surface area contributed by atoms with E-state index >= 15 is 0 Å². The lowest BCUT2D eigenvalue weighted by molar-refractivity contribution is 0.174. The van der Waals surface area contributed by atoms with Crippen molar-refractivity contribution in [2.75, 3.05) is 6.79 Å². The maximum Gasteiger partial charge on any atom is 0.243 e. The topological polar surface area (TPSA) is 104 Å². The summed E-state index contributed by atoms with van der Waals surface area (Å²) in [5.41, 5.74) is 1.34. The molecular weight excluding hydrogens is 322 g/mol. The molecule has 1 aromatic heterocycles. The maximum absolute atomic E-state index is 12.5. The van der Waals surface area contributed by atoms with Gasteiger partial charge in [0.25, 0.3) is 0 Å². The van der Waals surface area contributed by atoms with Crippen LogP contribution in [-0.2, 0) is 16.6 Å². The van der Waals surface area contributed by atoms with Crippen molar-refractivity contribution >= 4 is 21.1 Å². The van der Waals surface area contributed by atoms with Gasteiger partial charge in [-0.15, -0.1) is 0 Å². The molecule has 0 saturated heterocycles. The Morgan fingerprint density at radius 2 is 1.96 bits per heavy atom. The summed E-state index contributed by atoms with van der Waals surface area (Å²) in [4.78, 5) is 0.0250. The van der Waals surface area contributed by atoms with E-state index < -0.39 is 10.0 Å². The van der Waals surface area contributed by atoms with Gasteiger partial charge in [0, 0.05) is 6.54 Å². The van der Waals surface area contributed by atoms with Gasteiger partial charge >= 0.3 is 0 Å². The van der Waals surface area contributed by atoms with Crippen LogP contribution in [-0.4, -0.2) is 25.5 Å². The highest BCUT2D eigenvalue weighted by atomic mass is 32.2. The zero-order chi connectivity index (χ0) is 15.9. The van der Waals surface area contributed by atoms with Crippen LogP contribution in [0.25, 0.3) is 11.0 Å². The Balaban J connectivity index is 1.59. The van der Waals surface area contributed by atoms with Crippen LogP contribution < -0.4 is 14.2 Å². The molecule has 8 nitrogen and oxygen atoms in total. The highest BCUT2D eigenvalue weighted by Crippen LogP contribution is 2.32. The minimum Gasteiger partial charge on any atom is -0.454 e. The first-order valence-electron chi connectivity index (χ1n) is 6.73. The standard InChI is InChI=1S/C14H11N3O5S/c18-23(19,13-3-1-2-10-14(13)17-22-16-10)15-7-9-4-5-11-12(6-9)21-8-20-11/h1-6,15H,7-8H2. The molecule has 0 aliphatic carbocycles. The Kier molecular flexibility index (Phi) is 3.17. The van der Waals surface area contributed by atoms with Gasteiger partial charge in [0.05, 0.1) is 0 Å². The number of aromatic nitrogens is 2. The van der Waals surface area contributed by atoms with Crippen LogP contribution in [0.1, 0.15) is 5.56 Å². The van der Waals surface area contributed by atoms with Gasteiger partial charge < -0.3 is 9.47 Å². The van der Waals surface area contributed by atoms with Gasteiger partial charge in [0.15, 0.2) is 17.0 Å². The third kappa shape index (κ3) is 2.49. The smallest absolute Gasteiger partial charge is 0.243 e. The van der Waals surface area contributed by atoms with Crippen LogP contribution in [0.15, 0.2) is 45.9 Å². The van der Waals surface area contributed by atoms with Crippen molar-refractivity contribution in [2.45, 2.75) is 11.4 Å². The molecule has 1 N–H and O–H groups in total. The molecule has 0 bridgehead atoms. The Labute approximate surface area is 131 Å². The highest BCUT2D eigenvalue weighted by molar-refractivity contribution is 7.89. The SMILES string of the molecule is O=S(=O)(NCc1ccc2c(c1)OCO2)c1cccc2nonc12. The molecule has 1 aliphatic rings. The van der Waals surface area contributed by atoms with Crippen molar-refractivity contribution in [3.05, 3.63) is 42.0 Å². The molecule has 2 aromatic carbocycles. The molecule has 0 atom stereocenters. The van der Waals surface area contributed by atoms with Crippen LogP contribution >= 0.6 is 0 Å². The summed E-state index contributed by atoms with van der Waals surface area (Å²) in [6, 6.07) is 9.92. The quantitative estimate of drug-likeness (QED) is 0.770. The van der Waals surface area contributed by atoms with Crippen LogP contribution in [0, 0.1) is 0 Å². The van der Waals surface area contributed by atoms with Crippen LogP contribution in [0.3, 0.4) is 0 Å². The van der Waals surface area contributed by atoms with E-state index in [1.54, 1.807) is 30.3 Å². The molecule has 4 rings (SSSR count). The number of benzene rings is 2. The van der Waals surface area contributed by atoms with Crippen molar-refractivity contribution < 1.29 is 22.5 Å². The van der Waals surface area contributed by atoms with Crippen LogP contribution in [0.4, 0.5) is 0 Å². The van der Waals surface area contributed by atoms with Crippen LogP contribution in [0.5, 0.6) is 11.5 Å². The van der Waals surface area contributed by atoms with E-state index in [0.717, 1.165) is 5.56 Å². The lowest BCUT2D eigenvalue weighted by Crippen LogP contribution is -2.23. The summed E-state index contributed by atoms with van der Waals surface area (Å²) in [5.74, 6) is 1.25. The van der Waals surface area contributed by atoms with Crippen molar-refractivity contribution in [1.82, 2.24) is 15.0 Å². The second kappa shape index (κ2) is 5.21. The fourth-order valence-corrected chi connectivity index (χ4v) is 3.47. The minimum absolute atomic E-state index is 0.0250. The van der Waals surface area contributed by atoms with Gasteiger partial charge in [-0.05, 0) is 40.1 Å². The molecule has 0 amide bonds. The van der Waals surface area contributed by atoms with Gasteiger partial charge in [-0.3, -0.25) is 0 Å². The van der Waals surface area contributed by atoms with E-state index in [9.17, 15) is 8.42 Å². The van der Waals surface area contributed by atoms with Crippen molar-refractivity contribution in [2.24, 2.45) is 0 Å². The van der Waals surface area contributed by atoms with E-state index in [1.807, 2.05) is 0 Å². The molecule has 0 unspecified atom stereocenters. The molecule has 0 radical (unpaired) electrons. The van der Waals surface area contributed by atoms with Crippen molar-refractivity contribution in [1.29, 1.82) is 0 Å². The molecule has 0 spiro atoms. The van der Waals surface area contributed by atoms with Gasteiger partial charge in [-0.25, -0.2) is 17.8 Å². The van der Waals surface area contributed by atoms with E-state index in [0.29, 0.717) is 17.0 Å². The summed E-state index contributed by atoms with van der Waals surface area (Å²) < 4.78 is 42.6. The molecule has 118 valence electrons. The molecule has 3 aromatic rings. The molecule has 9 heteroatoms. The second-order valence-corrected chi connectivity index (χ2v) is 6.64. The molecule has 0 saturated carbocycles. The second-order valence-electron chi connectivity index (χ2n) is 4.90. The summed E-state index contributed by atoms with van der Waals surface area (Å²) in [5, 5.41) is 7.29. The summed E-state index contributed by atoms with van der Waals surface area (Å²) in [6.07, 6.45) is 0. The van der Waals surface area contributed by atoms with E-state index in [2.05, 4.69) is 19.7 Å². The summed E-state index contributed by atoms with van der Waals surface area (Å²) in [7, 11) is -3.75. The lowest BCUT2D eigenvalue weighted by atomic mass is 10.2. The van der Waals surface area contributed by atoms with E-state index in [1.165, 1.54) is 6.07 Å². The first kappa shape index (κ1) is 14.0. The average molecular weight is 333 g/mol. The highest BCUT2D eigenvalue weighted by Gasteiger charge is 2.20. The summed E-state index contributed by atoms with van der Waals surface area (Å²) in [6.45, 7) is 0.284. The number of hydrogen-bond donors (Lipinski definition) is 1. The van der Waals surface area contributed by atoms with Crippen molar-refractivity contribution in [3.8, 4) is 11.5 Å². The normalized spacial score (nSPS) is 13.6. The minimum atomic E-state index is -3.75. The number of ether oxygens (including phenoxy) is 2. The zero-order valence-electron chi connectivity index (χ0n) is 11.7. The average Bonchev–Trinajstić information content (AvgIpc) is 3.20. The number of nitrogens with zero attached hydrogens (tertiary/aromatic N) is 2. The zero-order valence-corrected chi connectivity index (χ0v) is 12.5. The Hall–Kier alpha value is -2.65. The number of hydrogen-bond acceptors (Lipinski definition) is 7. The molecular formula is C14H11N3O5S. The van der Waals surface area contributed by atoms with E-state index in [-0.39, 0.29) is 23.7 Å². The van der Waals surface area contributed by atoms with Crippen LogP contribution in [0.2, 0.25) is 0 Å². The first-order valence-corrected chi connectivity index (χ1v) is 8.21. The Morgan fingerprint density at radius 3 is 2.87 bits per heavy atom. The van der Waals surface area contributed by atoms with Crippen molar-refractivity contribution in [3.63, 3.8) is 0 Å². The number of fused-ring (bicyclic) bond motifs is 2. The predicted molar refractivity (Wildman–Crippen MR) is 78.4 cm³/mol. The van der Waals surface area contributed by atoms with Gasteiger partial charge in [-0.2, -0.15) is 0 Å².